The fraction of sp³-hybridized carbons (Fsp3) is 0.930. The minimum absolute atomic E-state index is 0.0114. The summed E-state index contributed by atoms with van der Waals surface area (Å²) >= 11 is 0. The van der Waals surface area contributed by atoms with Gasteiger partial charge in [-0.2, -0.15) is 0 Å². The first-order valence-corrected chi connectivity index (χ1v) is 21.8. The van der Waals surface area contributed by atoms with Crippen molar-refractivity contribution in [1.82, 2.24) is 0 Å². The lowest BCUT2D eigenvalue weighted by molar-refractivity contribution is -0.226. The number of fused-ring (bicyclic) bond motifs is 5. The number of hydrogen-bond acceptors (Lipinski definition) is 10. The fourth-order valence-electron chi connectivity index (χ4n) is 11.6. The van der Waals surface area contributed by atoms with Gasteiger partial charge in [0.1, 0.15) is 12.2 Å². The zero-order chi connectivity index (χ0) is 38.4. The molecule has 0 aromatic carbocycles. The van der Waals surface area contributed by atoms with Gasteiger partial charge in [-0.05, 0) is 112 Å². The Balaban J connectivity index is 1.48. The van der Waals surface area contributed by atoms with Crippen LogP contribution in [0, 0.1) is 46.3 Å². The molecule has 0 aliphatic heterocycles. The monoisotopic (exact) mass is 748 g/mol. The average molecular weight is 748 g/mol. The zero-order valence-corrected chi connectivity index (χ0v) is 34.0. The quantitative estimate of drug-likeness (QED) is 0.0552. The van der Waals surface area contributed by atoms with Gasteiger partial charge in [-0.1, -0.05) is 72.6 Å². The number of carbonyl (C=O) groups is 3. The molecule has 4 aliphatic rings. The van der Waals surface area contributed by atoms with Crippen molar-refractivity contribution in [2.24, 2.45) is 63.5 Å². The number of esters is 3. The van der Waals surface area contributed by atoms with Gasteiger partial charge in [0.15, 0.2) is 0 Å². The number of hydrogen-bond donors (Lipinski definition) is 3. The molecule has 306 valence electrons. The molecule has 0 unspecified atom stereocenters. The molecule has 4 fully saturated rings. The summed E-state index contributed by atoms with van der Waals surface area (Å²) < 4.78 is 25.0. The third-order valence-electron chi connectivity index (χ3n) is 14.5. The van der Waals surface area contributed by atoms with E-state index in [4.69, 9.17) is 36.1 Å². The standard InChI is InChI=1S/C43H77N3O7/c1-5-6-7-8-9-10-11-12-25-51-38(47)17-14-30(2)33-15-16-34-41-35(29-37(43(33,34)4)53-40(49)20-24-46)42(3)21-18-32(52-39(48)19-23-45)27-31(42)28-36(41)50-26-13-22-44/h30-37,41H,5-29,44-46H2,1-4H3/t30-,31+,32-,33-,34+,35+,36-,37+,41+,42+,43-/m1/s1. The lowest BCUT2D eigenvalue weighted by atomic mass is 9.43. The predicted octanol–water partition coefficient (Wildman–Crippen LogP) is 7.22. The molecule has 4 rings (SSSR count). The maximum Gasteiger partial charge on any atom is 0.307 e. The van der Waals surface area contributed by atoms with Crippen LogP contribution in [0.2, 0.25) is 0 Å². The topological polar surface area (TPSA) is 166 Å². The van der Waals surface area contributed by atoms with Crippen LogP contribution in [-0.2, 0) is 33.3 Å². The van der Waals surface area contributed by atoms with Gasteiger partial charge >= 0.3 is 17.9 Å². The highest BCUT2D eigenvalue weighted by molar-refractivity contribution is 5.70. The van der Waals surface area contributed by atoms with Crippen LogP contribution in [0.1, 0.15) is 156 Å². The van der Waals surface area contributed by atoms with Crippen molar-refractivity contribution >= 4 is 17.9 Å². The third-order valence-corrected chi connectivity index (χ3v) is 14.5. The van der Waals surface area contributed by atoms with Crippen LogP contribution in [0.3, 0.4) is 0 Å². The van der Waals surface area contributed by atoms with Crippen LogP contribution in [0.15, 0.2) is 0 Å². The highest BCUT2D eigenvalue weighted by atomic mass is 16.6. The summed E-state index contributed by atoms with van der Waals surface area (Å²) in [5.41, 5.74) is 17.2. The largest absolute Gasteiger partial charge is 0.466 e. The van der Waals surface area contributed by atoms with E-state index < -0.39 is 0 Å². The maximum atomic E-state index is 13.3. The third kappa shape index (κ3) is 11.2. The number of rotatable bonds is 23. The van der Waals surface area contributed by atoms with Gasteiger partial charge in [-0.15, -0.1) is 0 Å². The Bertz CT molecular complexity index is 1140. The molecule has 0 radical (unpaired) electrons. The van der Waals surface area contributed by atoms with Crippen molar-refractivity contribution in [3.8, 4) is 0 Å². The fourth-order valence-corrected chi connectivity index (χ4v) is 11.6. The minimum atomic E-state index is -0.250. The Kier molecular flexibility index (Phi) is 17.9. The molecular formula is C43H77N3O7. The second-order valence-electron chi connectivity index (χ2n) is 17.7. The van der Waals surface area contributed by atoms with Crippen molar-refractivity contribution < 1.29 is 33.3 Å². The first-order chi connectivity index (χ1) is 25.5. The maximum absolute atomic E-state index is 13.3. The average Bonchev–Trinajstić information content (AvgIpc) is 3.49. The van der Waals surface area contributed by atoms with Crippen molar-refractivity contribution in [3.05, 3.63) is 0 Å². The lowest BCUT2D eigenvalue weighted by Gasteiger charge is -2.64. The van der Waals surface area contributed by atoms with Crippen molar-refractivity contribution in [3.63, 3.8) is 0 Å². The molecule has 0 spiro atoms. The second kappa shape index (κ2) is 21.5. The Morgan fingerprint density at radius 2 is 1.40 bits per heavy atom. The smallest absolute Gasteiger partial charge is 0.307 e. The molecule has 0 heterocycles. The Morgan fingerprint density at radius 1 is 0.717 bits per heavy atom. The number of unbranched alkanes of at least 4 members (excludes halogenated alkanes) is 7. The molecule has 6 N–H and O–H groups in total. The molecule has 11 atom stereocenters. The van der Waals surface area contributed by atoms with E-state index >= 15 is 0 Å². The molecular weight excluding hydrogens is 670 g/mol. The molecule has 53 heavy (non-hydrogen) atoms. The Hall–Kier alpha value is -1.75. The molecule has 0 saturated heterocycles. The molecule has 4 aliphatic carbocycles. The molecule has 0 aromatic rings. The van der Waals surface area contributed by atoms with Crippen LogP contribution in [-0.4, -0.2) is 69.1 Å². The van der Waals surface area contributed by atoms with E-state index in [9.17, 15) is 14.4 Å². The van der Waals surface area contributed by atoms with Gasteiger partial charge in [0.2, 0.25) is 0 Å². The Labute approximate surface area is 321 Å². The van der Waals surface area contributed by atoms with Crippen LogP contribution < -0.4 is 17.2 Å². The summed E-state index contributed by atoms with van der Waals surface area (Å²) in [7, 11) is 0. The predicted molar refractivity (Wildman–Crippen MR) is 208 cm³/mol. The number of ether oxygens (including phenoxy) is 4. The first-order valence-electron chi connectivity index (χ1n) is 21.8. The van der Waals surface area contributed by atoms with E-state index in [0.29, 0.717) is 62.3 Å². The molecule has 4 saturated carbocycles. The Morgan fingerprint density at radius 3 is 2.08 bits per heavy atom. The van der Waals surface area contributed by atoms with E-state index in [1.165, 1.54) is 38.5 Å². The molecule has 10 nitrogen and oxygen atoms in total. The number of carbonyl (C=O) groups excluding carboxylic acids is 3. The second-order valence-corrected chi connectivity index (χ2v) is 17.7. The van der Waals surface area contributed by atoms with Crippen molar-refractivity contribution in [2.75, 3.05) is 32.8 Å². The zero-order valence-electron chi connectivity index (χ0n) is 34.0. The SMILES string of the molecule is CCCCCCCCCCOC(=O)CC[C@@H](C)[C@H]1CC[C@H]2[C@@H]3[C@H](OCCCN)C[C@@H]4C[C@H](OC(=O)CCN)CC[C@]4(C)[C@H]3C[C@H](OC(=O)CCN)[C@]12C. The van der Waals surface area contributed by atoms with E-state index in [-0.39, 0.29) is 72.4 Å². The summed E-state index contributed by atoms with van der Waals surface area (Å²) in [5.74, 6) is 1.32. The van der Waals surface area contributed by atoms with Crippen LogP contribution in [0.4, 0.5) is 0 Å². The summed E-state index contributed by atoms with van der Waals surface area (Å²) in [6, 6.07) is 0. The highest BCUT2D eigenvalue weighted by Crippen LogP contribution is 2.69. The normalized spacial score (nSPS) is 34.0. The van der Waals surface area contributed by atoms with E-state index in [1.54, 1.807) is 0 Å². The summed E-state index contributed by atoms with van der Waals surface area (Å²) in [6.45, 7) is 11.6. The molecule has 0 bridgehead atoms. The van der Waals surface area contributed by atoms with Crippen LogP contribution >= 0.6 is 0 Å². The molecule has 0 amide bonds. The summed E-state index contributed by atoms with van der Waals surface area (Å²) in [5, 5.41) is 0. The minimum Gasteiger partial charge on any atom is -0.466 e. The van der Waals surface area contributed by atoms with Crippen molar-refractivity contribution in [2.45, 2.75) is 174 Å². The van der Waals surface area contributed by atoms with E-state index in [0.717, 1.165) is 70.6 Å². The van der Waals surface area contributed by atoms with Gasteiger partial charge in [-0.25, -0.2) is 0 Å². The number of nitrogens with two attached hydrogens (primary N) is 3. The van der Waals surface area contributed by atoms with Crippen molar-refractivity contribution in [1.29, 1.82) is 0 Å². The highest BCUT2D eigenvalue weighted by Gasteiger charge is 2.67. The lowest BCUT2D eigenvalue weighted by Crippen LogP contribution is -2.63. The van der Waals surface area contributed by atoms with Gasteiger partial charge in [0, 0.05) is 31.5 Å². The van der Waals surface area contributed by atoms with E-state index in [1.807, 2.05) is 0 Å². The summed E-state index contributed by atoms with van der Waals surface area (Å²) in [6.07, 6.45) is 18.3. The van der Waals surface area contributed by atoms with Crippen LogP contribution in [0.5, 0.6) is 0 Å². The van der Waals surface area contributed by atoms with E-state index in [2.05, 4.69) is 27.7 Å². The first kappa shape index (κ1) is 44.0. The van der Waals surface area contributed by atoms with Gasteiger partial charge < -0.3 is 36.1 Å². The van der Waals surface area contributed by atoms with Gasteiger partial charge in [0.05, 0.1) is 25.6 Å². The summed E-state index contributed by atoms with van der Waals surface area (Å²) in [4.78, 5) is 38.6. The van der Waals surface area contributed by atoms with Gasteiger partial charge in [0.25, 0.3) is 0 Å². The van der Waals surface area contributed by atoms with Crippen LogP contribution in [0.25, 0.3) is 0 Å². The molecule has 10 heteroatoms. The molecule has 0 aromatic heterocycles. The van der Waals surface area contributed by atoms with Gasteiger partial charge in [-0.3, -0.25) is 14.4 Å².